The van der Waals surface area contributed by atoms with E-state index in [0.717, 1.165) is 19.4 Å². The summed E-state index contributed by atoms with van der Waals surface area (Å²) < 4.78 is 22.2. The Bertz CT molecular complexity index is 1040. The first-order valence-electron chi connectivity index (χ1n) is 10.8. The van der Waals surface area contributed by atoms with Crippen LogP contribution in [0.25, 0.3) is 6.08 Å². The van der Waals surface area contributed by atoms with Crippen molar-refractivity contribution < 1.29 is 28.8 Å². The molecule has 0 aliphatic carbocycles. The molecule has 0 amide bonds. The molecule has 32 heavy (non-hydrogen) atoms. The summed E-state index contributed by atoms with van der Waals surface area (Å²) in [6, 6.07) is 7.12. The second kappa shape index (κ2) is 9.12. The summed E-state index contributed by atoms with van der Waals surface area (Å²) in [6.45, 7) is 3.70. The highest BCUT2D eigenvalue weighted by Gasteiger charge is 2.32. The number of rotatable bonds is 6. The number of benzene rings is 2. The van der Waals surface area contributed by atoms with Gasteiger partial charge in [-0.05, 0) is 62.2 Å². The number of phenolic OH excluding ortho intramolecular Hbond substituents is 1. The van der Waals surface area contributed by atoms with Gasteiger partial charge in [-0.25, -0.2) is 0 Å². The third-order valence-corrected chi connectivity index (χ3v) is 6.20. The van der Waals surface area contributed by atoms with Crippen molar-refractivity contribution in [2.75, 3.05) is 27.9 Å². The van der Waals surface area contributed by atoms with Gasteiger partial charge in [0.2, 0.25) is 11.5 Å². The molecule has 1 saturated heterocycles. The number of ether oxygens (including phenoxy) is 4. The number of carbonyl (C=O) groups is 1. The van der Waals surface area contributed by atoms with E-state index in [-0.39, 0.29) is 17.3 Å². The number of likely N-dealkylation sites (tertiary alicyclic amines) is 1. The maximum Gasteiger partial charge on any atom is 0.231 e. The van der Waals surface area contributed by atoms with Crippen molar-refractivity contribution in [3.63, 3.8) is 0 Å². The Morgan fingerprint density at radius 1 is 1.12 bits per heavy atom. The Hall–Kier alpha value is -3.19. The Morgan fingerprint density at radius 2 is 1.84 bits per heavy atom. The number of allylic oxidation sites excluding steroid dienone is 1. The Kier molecular flexibility index (Phi) is 6.28. The lowest BCUT2D eigenvalue weighted by Gasteiger charge is -2.33. The van der Waals surface area contributed by atoms with Crippen molar-refractivity contribution in [2.24, 2.45) is 0 Å². The maximum absolute atomic E-state index is 13.1. The number of methoxy groups -OCH3 is 3. The van der Waals surface area contributed by atoms with Crippen LogP contribution in [0.5, 0.6) is 28.7 Å². The molecule has 2 aliphatic heterocycles. The third kappa shape index (κ3) is 4.00. The molecule has 2 heterocycles. The predicted molar refractivity (Wildman–Crippen MR) is 121 cm³/mol. The Labute approximate surface area is 188 Å². The topological polar surface area (TPSA) is 77.5 Å². The summed E-state index contributed by atoms with van der Waals surface area (Å²) in [4.78, 5) is 15.4. The molecule has 2 aromatic carbocycles. The van der Waals surface area contributed by atoms with E-state index in [4.69, 9.17) is 18.9 Å². The number of carbonyl (C=O) groups excluding carboxylic acids is 1. The molecule has 1 atom stereocenters. The van der Waals surface area contributed by atoms with Crippen molar-refractivity contribution in [3.8, 4) is 28.7 Å². The number of hydrogen-bond acceptors (Lipinski definition) is 7. The molecule has 7 heteroatoms. The van der Waals surface area contributed by atoms with E-state index in [2.05, 4.69) is 11.8 Å². The molecule has 7 nitrogen and oxygen atoms in total. The van der Waals surface area contributed by atoms with Gasteiger partial charge in [-0.2, -0.15) is 0 Å². The van der Waals surface area contributed by atoms with Gasteiger partial charge in [-0.3, -0.25) is 9.69 Å². The van der Waals surface area contributed by atoms with E-state index in [9.17, 15) is 9.90 Å². The zero-order valence-electron chi connectivity index (χ0n) is 18.9. The second-order valence-electron chi connectivity index (χ2n) is 8.15. The highest BCUT2D eigenvalue weighted by molar-refractivity contribution is 6.15. The third-order valence-electron chi connectivity index (χ3n) is 6.20. The normalized spacial score (nSPS) is 19.6. The van der Waals surface area contributed by atoms with E-state index in [1.54, 1.807) is 30.3 Å². The molecule has 1 N–H and O–H groups in total. The smallest absolute Gasteiger partial charge is 0.231 e. The number of Topliss-reactive ketones (excluding diaryl/α,β-unsaturated/α-hetero) is 1. The lowest BCUT2D eigenvalue weighted by Crippen LogP contribution is -2.36. The van der Waals surface area contributed by atoms with E-state index in [1.165, 1.54) is 27.8 Å². The molecule has 2 aliphatic rings. The summed E-state index contributed by atoms with van der Waals surface area (Å²) in [5, 5.41) is 10.6. The van der Waals surface area contributed by atoms with Gasteiger partial charge in [0.25, 0.3) is 0 Å². The van der Waals surface area contributed by atoms with Crippen molar-refractivity contribution >= 4 is 11.9 Å². The van der Waals surface area contributed by atoms with Gasteiger partial charge in [0, 0.05) is 12.6 Å². The van der Waals surface area contributed by atoms with Crippen LogP contribution in [0.2, 0.25) is 0 Å². The SMILES string of the molecule is COc1cc(/C=C2\Oc3c(ccc(O)c3CN3CCCC[C@@H]3C)C2=O)cc(OC)c1OC. The molecule has 1 fully saturated rings. The fourth-order valence-corrected chi connectivity index (χ4v) is 4.38. The van der Waals surface area contributed by atoms with Crippen molar-refractivity contribution in [2.45, 2.75) is 38.8 Å². The molecule has 0 spiro atoms. The lowest BCUT2D eigenvalue weighted by molar-refractivity contribution is 0.101. The average Bonchev–Trinajstić information content (AvgIpc) is 3.11. The monoisotopic (exact) mass is 439 g/mol. The van der Waals surface area contributed by atoms with Crippen LogP contribution in [0, 0.1) is 0 Å². The van der Waals surface area contributed by atoms with Crippen molar-refractivity contribution in [3.05, 3.63) is 46.7 Å². The van der Waals surface area contributed by atoms with Crippen LogP contribution in [0.1, 0.15) is 47.7 Å². The molecular weight excluding hydrogens is 410 g/mol. The highest BCUT2D eigenvalue weighted by Crippen LogP contribution is 2.42. The molecular formula is C25H29NO6. The van der Waals surface area contributed by atoms with Gasteiger partial charge in [0.1, 0.15) is 11.5 Å². The minimum absolute atomic E-state index is 0.142. The van der Waals surface area contributed by atoms with Crippen molar-refractivity contribution in [1.82, 2.24) is 4.90 Å². The minimum Gasteiger partial charge on any atom is -0.507 e. The number of nitrogens with zero attached hydrogens (tertiary/aromatic N) is 1. The van der Waals surface area contributed by atoms with E-state index >= 15 is 0 Å². The number of fused-ring (bicyclic) bond motifs is 1. The minimum atomic E-state index is -0.221. The van der Waals surface area contributed by atoms with Crippen LogP contribution >= 0.6 is 0 Å². The average molecular weight is 440 g/mol. The number of aromatic hydroxyl groups is 1. The Balaban J connectivity index is 1.68. The van der Waals surface area contributed by atoms with Crippen LogP contribution in [0.4, 0.5) is 0 Å². The molecule has 4 rings (SSSR count). The first-order chi connectivity index (χ1) is 15.5. The summed E-state index contributed by atoms with van der Waals surface area (Å²) in [5.74, 6) is 1.99. The van der Waals surface area contributed by atoms with Gasteiger partial charge >= 0.3 is 0 Å². The van der Waals surface area contributed by atoms with E-state index in [0.29, 0.717) is 52.3 Å². The maximum atomic E-state index is 13.1. The molecule has 0 saturated carbocycles. The number of ketones is 1. The fourth-order valence-electron chi connectivity index (χ4n) is 4.38. The number of piperidine rings is 1. The summed E-state index contributed by atoms with van der Waals surface area (Å²) >= 11 is 0. The predicted octanol–water partition coefficient (Wildman–Crippen LogP) is 4.41. The van der Waals surface area contributed by atoms with E-state index in [1.807, 2.05) is 0 Å². The highest BCUT2D eigenvalue weighted by atomic mass is 16.5. The summed E-state index contributed by atoms with van der Waals surface area (Å²) in [7, 11) is 4.62. The van der Waals surface area contributed by atoms with Gasteiger partial charge in [0.15, 0.2) is 17.3 Å². The van der Waals surface area contributed by atoms with Crippen LogP contribution in [0.3, 0.4) is 0 Å². The van der Waals surface area contributed by atoms with Crippen LogP contribution in [0.15, 0.2) is 30.0 Å². The van der Waals surface area contributed by atoms with Gasteiger partial charge in [0.05, 0.1) is 32.5 Å². The summed E-state index contributed by atoms with van der Waals surface area (Å²) in [6.07, 6.45) is 5.12. The molecule has 0 unspecified atom stereocenters. The second-order valence-corrected chi connectivity index (χ2v) is 8.15. The lowest BCUT2D eigenvalue weighted by atomic mass is 10.0. The Morgan fingerprint density at radius 3 is 2.47 bits per heavy atom. The van der Waals surface area contributed by atoms with E-state index < -0.39 is 0 Å². The van der Waals surface area contributed by atoms with Gasteiger partial charge < -0.3 is 24.1 Å². The standard InChI is InChI=1S/C25H29NO6/c1-15-7-5-6-10-26(15)14-18-19(27)9-8-17-23(28)20(32-24(17)18)11-16-12-21(29-2)25(31-4)22(13-16)30-3/h8-9,11-13,15,27H,5-7,10,14H2,1-4H3/b20-11-/t15-/m0/s1. The van der Waals surface area contributed by atoms with Gasteiger partial charge in [-0.15, -0.1) is 0 Å². The fraction of sp³-hybridized carbons (Fsp3) is 0.400. The first-order valence-corrected chi connectivity index (χ1v) is 10.8. The first kappa shape index (κ1) is 22.0. The van der Waals surface area contributed by atoms with Crippen LogP contribution in [-0.2, 0) is 6.54 Å². The summed E-state index contributed by atoms with van der Waals surface area (Å²) in [5.41, 5.74) is 1.78. The van der Waals surface area contributed by atoms with Crippen LogP contribution in [-0.4, -0.2) is 49.7 Å². The van der Waals surface area contributed by atoms with Crippen molar-refractivity contribution in [1.29, 1.82) is 0 Å². The zero-order chi connectivity index (χ0) is 22.8. The largest absolute Gasteiger partial charge is 0.507 e. The molecule has 0 bridgehead atoms. The quantitative estimate of drug-likeness (QED) is 0.668. The number of phenols is 1. The molecule has 170 valence electrons. The zero-order valence-corrected chi connectivity index (χ0v) is 18.9. The van der Waals surface area contributed by atoms with Crippen LogP contribution < -0.4 is 18.9 Å². The number of hydrogen-bond donors (Lipinski definition) is 1. The molecule has 0 aromatic heterocycles. The van der Waals surface area contributed by atoms with Gasteiger partial charge in [-0.1, -0.05) is 6.42 Å². The molecule has 2 aromatic rings. The molecule has 0 radical (unpaired) electrons.